The van der Waals surface area contributed by atoms with Crippen molar-refractivity contribution in [2.24, 2.45) is 5.92 Å². The van der Waals surface area contributed by atoms with Crippen LogP contribution in [0.3, 0.4) is 0 Å². The number of aliphatic hydroxyl groups excluding tert-OH is 1. The lowest BCUT2D eigenvalue weighted by atomic mass is 9.89. The summed E-state index contributed by atoms with van der Waals surface area (Å²) in [5.41, 5.74) is 0. The standard InChI is InChI=1S/C7H14O.CH2O2/c1-6-2-4-7(8)5-3-6;2-1-3/h6-8H,2-5H2,1H3;1H,(H,2,3). The molecule has 3 heteroatoms. The quantitative estimate of drug-likeness (QED) is 0.524. The van der Waals surface area contributed by atoms with Gasteiger partial charge in [-0.05, 0) is 31.6 Å². The molecule has 1 aliphatic carbocycles. The monoisotopic (exact) mass is 160 g/mol. The molecule has 3 nitrogen and oxygen atoms in total. The third kappa shape index (κ3) is 5.85. The van der Waals surface area contributed by atoms with E-state index in [2.05, 4.69) is 6.92 Å². The molecule has 0 aliphatic heterocycles. The Morgan fingerprint density at radius 2 is 1.64 bits per heavy atom. The molecule has 0 amide bonds. The van der Waals surface area contributed by atoms with Gasteiger partial charge in [-0.2, -0.15) is 0 Å². The van der Waals surface area contributed by atoms with Gasteiger partial charge >= 0.3 is 0 Å². The minimum absolute atomic E-state index is 0.0196. The molecular weight excluding hydrogens is 144 g/mol. The Hall–Kier alpha value is -0.570. The Kier molecular flexibility index (Phi) is 5.84. The van der Waals surface area contributed by atoms with Crippen LogP contribution in [-0.2, 0) is 4.79 Å². The topological polar surface area (TPSA) is 57.5 Å². The molecule has 0 aromatic rings. The first-order valence-electron chi connectivity index (χ1n) is 3.96. The van der Waals surface area contributed by atoms with Gasteiger partial charge in [0.2, 0.25) is 0 Å². The maximum absolute atomic E-state index is 9.03. The van der Waals surface area contributed by atoms with E-state index in [-0.39, 0.29) is 12.6 Å². The van der Waals surface area contributed by atoms with Gasteiger partial charge < -0.3 is 10.2 Å². The maximum atomic E-state index is 9.03. The molecule has 2 N–H and O–H groups in total. The Bertz CT molecular complexity index is 85.5. The van der Waals surface area contributed by atoms with E-state index in [0.29, 0.717) is 0 Å². The van der Waals surface area contributed by atoms with Crippen molar-refractivity contribution >= 4 is 6.47 Å². The Morgan fingerprint density at radius 3 is 1.91 bits per heavy atom. The summed E-state index contributed by atoms with van der Waals surface area (Å²) in [5, 5.41) is 15.9. The van der Waals surface area contributed by atoms with Crippen LogP contribution < -0.4 is 0 Å². The van der Waals surface area contributed by atoms with Crippen molar-refractivity contribution in [1.29, 1.82) is 0 Å². The van der Waals surface area contributed by atoms with E-state index in [1.807, 2.05) is 0 Å². The van der Waals surface area contributed by atoms with Crippen molar-refractivity contribution in [3.8, 4) is 0 Å². The second-order valence-electron chi connectivity index (χ2n) is 3.02. The second kappa shape index (κ2) is 6.16. The van der Waals surface area contributed by atoms with Crippen molar-refractivity contribution in [2.45, 2.75) is 38.7 Å². The van der Waals surface area contributed by atoms with Crippen LogP contribution in [0.25, 0.3) is 0 Å². The second-order valence-corrected chi connectivity index (χ2v) is 3.02. The van der Waals surface area contributed by atoms with Gasteiger partial charge in [0.15, 0.2) is 0 Å². The fraction of sp³-hybridized carbons (Fsp3) is 0.875. The minimum atomic E-state index is -0.250. The highest BCUT2D eigenvalue weighted by molar-refractivity contribution is 5.32. The van der Waals surface area contributed by atoms with Crippen molar-refractivity contribution in [3.63, 3.8) is 0 Å². The summed E-state index contributed by atoms with van der Waals surface area (Å²) < 4.78 is 0. The highest BCUT2D eigenvalue weighted by atomic mass is 16.3. The van der Waals surface area contributed by atoms with E-state index in [9.17, 15) is 0 Å². The summed E-state index contributed by atoms with van der Waals surface area (Å²) in [4.78, 5) is 8.36. The molecule has 0 aromatic heterocycles. The number of rotatable bonds is 0. The first kappa shape index (κ1) is 10.4. The Balaban J connectivity index is 0.000000292. The smallest absolute Gasteiger partial charge is 0.290 e. The molecule has 0 radical (unpaired) electrons. The average Bonchev–Trinajstić information content (AvgIpc) is 1.97. The van der Waals surface area contributed by atoms with Crippen LogP contribution in [0.15, 0.2) is 0 Å². The van der Waals surface area contributed by atoms with Crippen LogP contribution in [0.5, 0.6) is 0 Å². The van der Waals surface area contributed by atoms with Crippen LogP contribution >= 0.6 is 0 Å². The van der Waals surface area contributed by atoms with Gasteiger partial charge in [0.25, 0.3) is 6.47 Å². The van der Waals surface area contributed by atoms with Gasteiger partial charge in [0.1, 0.15) is 0 Å². The highest BCUT2D eigenvalue weighted by Crippen LogP contribution is 2.22. The zero-order valence-electron chi connectivity index (χ0n) is 6.86. The summed E-state index contributed by atoms with van der Waals surface area (Å²) in [6.07, 6.45) is 4.52. The third-order valence-electron chi connectivity index (χ3n) is 1.99. The van der Waals surface area contributed by atoms with Crippen molar-refractivity contribution in [2.75, 3.05) is 0 Å². The zero-order valence-corrected chi connectivity index (χ0v) is 6.86. The molecule has 66 valence electrons. The van der Waals surface area contributed by atoms with Gasteiger partial charge in [0, 0.05) is 0 Å². The summed E-state index contributed by atoms with van der Waals surface area (Å²) in [6, 6.07) is 0. The zero-order chi connectivity index (χ0) is 8.69. The molecule has 0 saturated heterocycles. The lowest BCUT2D eigenvalue weighted by Crippen LogP contribution is -2.15. The van der Waals surface area contributed by atoms with Crippen LogP contribution in [0.4, 0.5) is 0 Å². The molecule has 0 spiro atoms. The van der Waals surface area contributed by atoms with Gasteiger partial charge in [-0.1, -0.05) is 6.92 Å². The molecule has 0 bridgehead atoms. The predicted molar refractivity (Wildman–Crippen MR) is 42.3 cm³/mol. The lowest BCUT2D eigenvalue weighted by Gasteiger charge is -2.21. The van der Waals surface area contributed by atoms with Crippen LogP contribution in [0, 0.1) is 5.92 Å². The van der Waals surface area contributed by atoms with Crippen LogP contribution in [0.1, 0.15) is 32.6 Å². The first-order valence-corrected chi connectivity index (χ1v) is 3.96. The van der Waals surface area contributed by atoms with Gasteiger partial charge in [-0.25, -0.2) is 0 Å². The number of carbonyl (C=O) groups is 1. The first-order chi connectivity index (χ1) is 5.20. The van der Waals surface area contributed by atoms with E-state index in [4.69, 9.17) is 15.0 Å². The largest absolute Gasteiger partial charge is 0.483 e. The molecule has 0 aromatic carbocycles. The summed E-state index contributed by atoms with van der Waals surface area (Å²) in [6.45, 7) is 2.01. The lowest BCUT2D eigenvalue weighted by molar-refractivity contribution is -0.122. The van der Waals surface area contributed by atoms with Crippen LogP contribution in [-0.4, -0.2) is 22.8 Å². The Morgan fingerprint density at radius 1 is 1.27 bits per heavy atom. The fourth-order valence-electron chi connectivity index (χ4n) is 1.24. The van der Waals surface area contributed by atoms with Gasteiger partial charge in [-0.15, -0.1) is 0 Å². The highest BCUT2D eigenvalue weighted by Gasteiger charge is 2.14. The molecule has 0 heterocycles. The SMILES string of the molecule is CC1CCC(O)CC1.O=CO. The van der Waals surface area contributed by atoms with Crippen LogP contribution in [0.2, 0.25) is 0 Å². The van der Waals surface area contributed by atoms with Crippen molar-refractivity contribution in [1.82, 2.24) is 0 Å². The molecule has 1 fully saturated rings. The van der Waals surface area contributed by atoms with Gasteiger partial charge in [0.05, 0.1) is 6.10 Å². The number of aliphatic hydroxyl groups is 1. The number of carboxylic acid groups (broad SMARTS) is 1. The van der Waals surface area contributed by atoms with E-state index in [0.717, 1.165) is 18.8 Å². The summed E-state index contributed by atoms with van der Waals surface area (Å²) in [7, 11) is 0. The molecule has 11 heavy (non-hydrogen) atoms. The van der Waals surface area contributed by atoms with E-state index in [1.165, 1.54) is 12.8 Å². The average molecular weight is 160 g/mol. The fourth-order valence-corrected chi connectivity index (χ4v) is 1.24. The third-order valence-corrected chi connectivity index (χ3v) is 1.99. The van der Waals surface area contributed by atoms with Crippen molar-refractivity contribution in [3.05, 3.63) is 0 Å². The normalized spacial score (nSPS) is 30.0. The molecule has 1 aliphatic rings. The predicted octanol–water partition coefficient (Wildman–Crippen LogP) is 1.26. The summed E-state index contributed by atoms with van der Waals surface area (Å²) >= 11 is 0. The molecule has 1 rings (SSSR count). The minimum Gasteiger partial charge on any atom is -0.483 e. The van der Waals surface area contributed by atoms with E-state index < -0.39 is 0 Å². The summed E-state index contributed by atoms with van der Waals surface area (Å²) in [5.74, 6) is 0.860. The molecule has 1 saturated carbocycles. The van der Waals surface area contributed by atoms with E-state index >= 15 is 0 Å². The maximum Gasteiger partial charge on any atom is 0.290 e. The van der Waals surface area contributed by atoms with Crippen molar-refractivity contribution < 1.29 is 15.0 Å². The molecule has 0 atom stereocenters. The number of hydrogen-bond donors (Lipinski definition) is 2. The van der Waals surface area contributed by atoms with E-state index in [1.54, 1.807) is 0 Å². The molecule has 0 unspecified atom stereocenters. The Labute approximate surface area is 67.0 Å². The molecular formula is C8H16O3. The van der Waals surface area contributed by atoms with Gasteiger partial charge in [-0.3, -0.25) is 4.79 Å². The number of hydrogen-bond acceptors (Lipinski definition) is 2.